The first kappa shape index (κ1) is 16.9. The van der Waals surface area contributed by atoms with Gasteiger partial charge in [0.1, 0.15) is 12.4 Å². The molecule has 0 heterocycles. The van der Waals surface area contributed by atoms with Crippen molar-refractivity contribution in [1.82, 2.24) is 9.80 Å². The van der Waals surface area contributed by atoms with Gasteiger partial charge in [-0.15, -0.1) is 0 Å². The Hall–Kier alpha value is -2.15. The molecule has 0 saturated heterocycles. The van der Waals surface area contributed by atoms with Crippen LogP contribution in [-0.4, -0.2) is 62.5 Å². The number of benzene rings is 1. The minimum Gasteiger partial charge on any atom is -0.399 e. The van der Waals surface area contributed by atoms with Gasteiger partial charge in [0.25, 0.3) is 5.91 Å². The van der Waals surface area contributed by atoms with Crippen LogP contribution in [0, 0.1) is 5.82 Å². The van der Waals surface area contributed by atoms with Gasteiger partial charge in [-0.2, -0.15) is 0 Å². The van der Waals surface area contributed by atoms with Crippen molar-refractivity contribution in [2.24, 2.45) is 0 Å². The van der Waals surface area contributed by atoms with E-state index in [9.17, 15) is 14.0 Å². The molecule has 2 amide bonds. The first-order chi connectivity index (χ1) is 9.86. The highest BCUT2D eigenvalue weighted by atomic mass is 19.1. The smallest absolute Gasteiger partial charge is 0.257 e. The first-order valence-electron chi connectivity index (χ1n) is 6.40. The van der Waals surface area contributed by atoms with Crippen LogP contribution in [0.4, 0.5) is 10.1 Å². The lowest BCUT2D eigenvalue weighted by Gasteiger charge is -2.23. The molecule has 0 aliphatic heterocycles. The molecule has 21 heavy (non-hydrogen) atoms. The highest BCUT2D eigenvalue weighted by Gasteiger charge is 2.22. The van der Waals surface area contributed by atoms with Crippen molar-refractivity contribution < 1.29 is 18.7 Å². The number of carbonyl (C=O) groups is 2. The largest absolute Gasteiger partial charge is 0.399 e. The number of rotatable bonds is 6. The molecule has 1 aromatic rings. The van der Waals surface area contributed by atoms with Crippen molar-refractivity contribution in [3.8, 4) is 0 Å². The molecule has 0 radical (unpaired) electrons. The van der Waals surface area contributed by atoms with Crippen LogP contribution in [0.5, 0.6) is 0 Å². The maximum atomic E-state index is 13.8. The zero-order valence-electron chi connectivity index (χ0n) is 12.4. The van der Waals surface area contributed by atoms with Crippen LogP contribution < -0.4 is 5.73 Å². The van der Waals surface area contributed by atoms with E-state index < -0.39 is 11.7 Å². The quantitative estimate of drug-likeness (QED) is 0.780. The number of nitrogen functional groups attached to an aromatic ring is 1. The van der Waals surface area contributed by atoms with Crippen molar-refractivity contribution >= 4 is 17.5 Å². The number of anilines is 1. The van der Waals surface area contributed by atoms with Crippen molar-refractivity contribution in [1.29, 1.82) is 0 Å². The number of nitrogens with two attached hydrogens (primary N) is 1. The Morgan fingerprint density at radius 1 is 1.33 bits per heavy atom. The summed E-state index contributed by atoms with van der Waals surface area (Å²) in [5.41, 5.74) is 5.57. The lowest BCUT2D eigenvalue weighted by molar-refractivity contribution is -0.129. The summed E-state index contributed by atoms with van der Waals surface area (Å²) < 4.78 is 18.7. The Balaban J connectivity index is 2.95. The number of likely N-dealkylation sites (N-methyl/N-ethyl adjacent to an activating group) is 1. The molecule has 0 aromatic heterocycles. The van der Waals surface area contributed by atoms with Gasteiger partial charge < -0.3 is 20.3 Å². The summed E-state index contributed by atoms with van der Waals surface area (Å²) in [4.78, 5) is 26.7. The fourth-order valence-corrected chi connectivity index (χ4v) is 1.63. The molecule has 0 spiro atoms. The van der Waals surface area contributed by atoms with Crippen LogP contribution in [0.2, 0.25) is 0 Å². The maximum Gasteiger partial charge on any atom is 0.257 e. The molecule has 0 unspecified atom stereocenters. The third kappa shape index (κ3) is 4.71. The molecule has 0 atom stereocenters. The predicted octanol–water partition coefficient (Wildman–Crippen LogP) is 0.585. The molecule has 0 saturated carbocycles. The first-order valence-corrected chi connectivity index (χ1v) is 6.40. The number of carbonyl (C=O) groups excluding carboxylic acids is 2. The molecule has 1 rings (SSSR count). The van der Waals surface area contributed by atoms with E-state index in [0.29, 0.717) is 0 Å². The molecule has 0 bridgehead atoms. The van der Waals surface area contributed by atoms with Crippen LogP contribution in [0.15, 0.2) is 18.2 Å². The molecule has 0 aliphatic rings. The number of halogens is 1. The molecule has 0 aliphatic carbocycles. The Labute approximate surface area is 123 Å². The number of hydrogen-bond acceptors (Lipinski definition) is 4. The average molecular weight is 297 g/mol. The van der Waals surface area contributed by atoms with Crippen molar-refractivity contribution in [3.05, 3.63) is 29.6 Å². The second-order valence-electron chi connectivity index (χ2n) is 4.75. The summed E-state index contributed by atoms with van der Waals surface area (Å²) in [6.07, 6.45) is 0. The number of hydrogen-bond donors (Lipinski definition) is 1. The van der Waals surface area contributed by atoms with Gasteiger partial charge in [-0.25, -0.2) is 4.39 Å². The number of amides is 2. The summed E-state index contributed by atoms with van der Waals surface area (Å²) in [6, 6.07) is 3.83. The normalized spacial score (nSPS) is 10.3. The van der Waals surface area contributed by atoms with E-state index in [1.165, 1.54) is 29.0 Å². The van der Waals surface area contributed by atoms with Gasteiger partial charge in [0.15, 0.2) is 0 Å². The van der Waals surface area contributed by atoms with E-state index in [1.807, 2.05) is 0 Å². The summed E-state index contributed by atoms with van der Waals surface area (Å²) in [7, 11) is 4.66. The van der Waals surface area contributed by atoms with Crippen LogP contribution in [-0.2, 0) is 9.53 Å². The Morgan fingerprint density at radius 3 is 2.52 bits per heavy atom. The van der Waals surface area contributed by atoms with Crippen LogP contribution in [0.1, 0.15) is 10.4 Å². The van der Waals surface area contributed by atoms with Crippen molar-refractivity contribution in [3.63, 3.8) is 0 Å². The number of nitrogens with zero attached hydrogens (tertiary/aromatic N) is 2. The molecular weight excluding hydrogens is 277 g/mol. The second-order valence-corrected chi connectivity index (χ2v) is 4.75. The van der Waals surface area contributed by atoms with Crippen LogP contribution in [0.3, 0.4) is 0 Å². The second kappa shape index (κ2) is 7.58. The van der Waals surface area contributed by atoms with E-state index in [2.05, 4.69) is 0 Å². The van der Waals surface area contributed by atoms with Crippen molar-refractivity contribution in [2.75, 3.05) is 46.6 Å². The van der Waals surface area contributed by atoms with Gasteiger partial charge in [-0.05, 0) is 18.2 Å². The molecule has 6 nitrogen and oxygen atoms in total. The van der Waals surface area contributed by atoms with E-state index >= 15 is 0 Å². The van der Waals surface area contributed by atoms with Gasteiger partial charge >= 0.3 is 0 Å². The average Bonchev–Trinajstić information content (AvgIpc) is 2.42. The molecule has 2 N–H and O–H groups in total. The summed E-state index contributed by atoms with van der Waals surface area (Å²) >= 11 is 0. The highest BCUT2D eigenvalue weighted by molar-refractivity contribution is 5.97. The fraction of sp³-hybridized carbons (Fsp3) is 0.429. The standard InChI is InChI=1S/C14H20FN3O3/c1-17(2)13(19)9-18(6-7-21-3)14(20)11-5-4-10(16)8-12(11)15/h4-5,8H,6-7,9,16H2,1-3H3. The van der Waals surface area contributed by atoms with Crippen LogP contribution >= 0.6 is 0 Å². The SMILES string of the molecule is COCCN(CC(=O)N(C)C)C(=O)c1ccc(N)cc1F. The Bertz CT molecular complexity index is 520. The van der Waals surface area contributed by atoms with Crippen LogP contribution in [0.25, 0.3) is 0 Å². The zero-order chi connectivity index (χ0) is 16.0. The lowest BCUT2D eigenvalue weighted by Crippen LogP contribution is -2.42. The van der Waals surface area contributed by atoms with Gasteiger partial charge in [-0.1, -0.05) is 0 Å². The third-order valence-corrected chi connectivity index (χ3v) is 2.90. The minimum absolute atomic E-state index is 0.119. The van der Waals surface area contributed by atoms with Gasteiger partial charge in [-0.3, -0.25) is 9.59 Å². The summed E-state index contributed by atoms with van der Waals surface area (Å²) in [6.45, 7) is 0.306. The Morgan fingerprint density at radius 2 is 2.00 bits per heavy atom. The zero-order valence-corrected chi connectivity index (χ0v) is 12.4. The van der Waals surface area contributed by atoms with E-state index in [1.54, 1.807) is 14.1 Å². The van der Waals surface area contributed by atoms with Gasteiger partial charge in [0.2, 0.25) is 5.91 Å². The van der Waals surface area contributed by atoms with Gasteiger partial charge in [0.05, 0.1) is 12.2 Å². The maximum absolute atomic E-state index is 13.8. The Kier molecular flexibility index (Phi) is 6.10. The molecular formula is C14H20FN3O3. The molecule has 7 heteroatoms. The highest BCUT2D eigenvalue weighted by Crippen LogP contribution is 2.14. The summed E-state index contributed by atoms with van der Waals surface area (Å²) in [5, 5.41) is 0. The molecule has 116 valence electrons. The monoisotopic (exact) mass is 297 g/mol. The summed E-state index contributed by atoms with van der Waals surface area (Å²) in [5.74, 6) is -1.53. The number of methoxy groups -OCH3 is 1. The minimum atomic E-state index is -0.709. The fourth-order valence-electron chi connectivity index (χ4n) is 1.63. The molecule has 0 fully saturated rings. The van der Waals surface area contributed by atoms with E-state index in [0.717, 1.165) is 6.07 Å². The van der Waals surface area contributed by atoms with Gasteiger partial charge in [0, 0.05) is 33.4 Å². The van der Waals surface area contributed by atoms with E-state index in [-0.39, 0.29) is 36.9 Å². The molecule has 1 aromatic carbocycles. The third-order valence-electron chi connectivity index (χ3n) is 2.90. The lowest BCUT2D eigenvalue weighted by atomic mass is 10.1. The number of ether oxygens (including phenoxy) is 1. The van der Waals surface area contributed by atoms with Crippen molar-refractivity contribution in [2.45, 2.75) is 0 Å². The van der Waals surface area contributed by atoms with E-state index in [4.69, 9.17) is 10.5 Å². The topological polar surface area (TPSA) is 75.9 Å². The predicted molar refractivity (Wildman–Crippen MR) is 77.3 cm³/mol.